The third kappa shape index (κ3) is 8.20. The number of nitrogens with zero attached hydrogens (tertiary/aromatic N) is 3. The first-order valence-corrected chi connectivity index (χ1v) is 15.9. The van der Waals surface area contributed by atoms with Crippen molar-refractivity contribution in [3.05, 3.63) is 89.8 Å². The Hall–Kier alpha value is -4.51. The predicted octanol–water partition coefficient (Wildman–Crippen LogP) is 6.40. The smallest absolute Gasteiger partial charge is 0.308 e. The van der Waals surface area contributed by atoms with Gasteiger partial charge in [0.2, 0.25) is 0 Å². The van der Waals surface area contributed by atoms with Crippen LogP contribution in [0.2, 0.25) is 0 Å². The van der Waals surface area contributed by atoms with E-state index < -0.39 is 5.91 Å². The molecule has 2 aromatic heterocycles. The molecule has 0 saturated heterocycles. The molecule has 0 bridgehead atoms. The van der Waals surface area contributed by atoms with E-state index >= 15 is 0 Å². The van der Waals surface area contributed by atoms with Crippen molar-refractivity contribution in [2.75, 3.05) is 67.6 Å². The molecule has 12 heteroatoms. The van der Waals surface area contributed by atoms with Gasteiger partial charge in [0, 0.05) is 70.3 Å². The number of aromatic nitrogens is 1. The van der Waals surface area contributed by atoms with Crippen molar-refractivity contribution in [1.29, 1.82) is 0 Å². The Balaban J connectivity index is 1.21. The Bertz CT molecular complexity index is 1830. The van der Waals surface area contributed by atoms with Crippen molar-refractivity contribution in [3.63, 3.8) is 0 Å². The largest absolute Gasteiger partial charge is 0.451 e. The van der Waals surface area contributed by atoms with Crippen molar-refractivity contribution in [2.24, 2.45) is 0 Å². The molecule has 5 aromatic rings. The van der Waals surface area contributed by atoms with Crippen LogP contribution in [-0.2, 0) is 0 Å². The van der Waals surface area contributed by atoms with E-state index in [-0.39, 0.29) is 17.6 Å². The van der Waals surface area contributed by atoms with E-state index in [0.29, 0.717) is 65.0 Å². The van der Waals surface area contributed by atoms with Crippen LogP contribution >= 0.6 is 23.2 Å². The lowest BCUT2D eigenvalue weighted by atomic mass is 10.1. The van der Waals surface area contributed by atoms with E-state index in [4.69, 9.17) is 27.6 Å². The maximum atomic E-state index is 13.1. The normalized spacial score (nSPS) is 11.2. The molecule has 3 aromatic carbocycles. The van der Waals surface area contributed by atoms with Crippen LogP contribution in [0.4, 0.5) is 17.1 Å². The molecule has 10 nitrogen and oxygen atoms in total. The van der Waals surface area contributed by atoms with Gasteiger partial charge in [0.05, 0.1) is 0 Å². The number of rotatable bonds is 14. The van der Waals surface area contributed by atoms with Gasteiger partial charge in [-0.3, -0.25) is 14.4 Å². The molecule has 0 unspecified atom stereocenters. The van der Waals surface area contributed by atoms with E-state index in [1.54, 1.807) is 54.6 Å². The number of aromatic amines is 1. The Morgan fingerprint density at radius 2 is 1.48 bits per heavy atom. The monoisotopic (exact) mass is 661 g/mol. The number of hydrogen-bond donors (Lipinski definition) is 3. The summed E-state index contributed by atoms with van der Waals surface area (Å²) >= 11 is 11.8. The molecule has 0 atom stereocenters. The Kier molecular flexibility index (Phi) is 10.8. The summed E-state index contributed by atoms with van der Waals surface area (Å²) in [5, 5.41) is 11.3. The number of fused-ring (bicyclic) bond motifs is 2. The molecule has 2 heterocycles. The van der Waals surface area contributed by atoms with Crippen molar-refractivity contribution >= 4 is 79.9 Å². The van der Waals surface area contributed by atoms with Crippen LogP contribution in [0.5, 0.6) is 0 Å². The Labute approximate surface area is 277 Å². The molecule has 0 aliphatic heterocycles. The number of benzene rings is 3. The fraction of sp³-hybridized carbons (Fsp3) is 0.265. The molecule has 0 aliphatic carbocycles. The van der Waals surface area contributed by atoms with Crippen LogP contribution in [0.3, 0.4) is 0 Å². The highest BCUT2D eigenvalue weighted by atomic mass is 35.5. The lowest BCUT2D eigenvalue weighted by Gasteiger charge is -2.22. The van der Waals surface area contributed by atoms with Crippen molar-refractivity contribution < 1.29 is 18.8 Å². The number of alkyl halides is 2. The number of amides is 3. The van der Waals surface area contributed by atoms with Gasteiger partial charge in [0.15, 0.2) is 5.76 Å². The van der Waals surface area contributed by atoms with Crippen molar-refractivity contribution in [3.8, 4) is 0 Å². The lowest BCUT2D eigenvalue weighted by Crippen LogP contribution is -2.27. The molecular formula is C34H35Cl2N6O4. The molecule has 239 valence electrons. The van der Waals surface area contributed by atoms with Crippen LogP contribution in [-0.4, -0.2) is 79.6 Å². The number of halogens is 2. The summed E-state index contributed by atoms with van der Waals surface area (Å²) in [6.07, 6.45) is 0.776. The topological polar surface area (TPSA) is 125 Å². The maximum absolute atomic E-state index is 13.1. The number of carbonyl (C=O) groups excluding carboxylic acids is 3. The molecule has 0 fully saturated rings. The highest BCUT2D eigenvalue weighted by molar-refractivity contribution is 6.18. The lowest BCUT2D eigenvalue weighted by molar-refractivity contribution is 0.0921. The molecule has 0 spiro atoms. The molecule has 1 radical (unpaired) electrons. The van der Waals surface area contributed by atoms with Gasteiger partial charge in [-0.15, -0.1) is 23.2 Å². The van der Waals surface area contributed by atoms with Gasteiger partial charge in [-0.2, -0.15) is 0 Å². The third-order valence-electron chi connectivity index (χ3n) is 7.33. The van der Waals surface area contributed by atoms with Gasteiger partial charge < -0.3 is 29.8 Å². The molecule has 0 saturated carbocycles. The highest BCUT2D eigenvalue weighted by Crippen LogP contribution is 2.25. The van der Waals surface area contributed by atoms with Crippen LogP contribution < -0.4 is 20.9 Å². The first-order valence-electron chi connectivity index (χ1n) is 14.9. The van der Waals surface area contributed by atoms with E-state index in [9.17, 15) is 14.4 Å². The number of H-pyrrole nitrogens is 1. The minimum Gasteiger partial charge on any atom is -0.451 e. The van der Waals surface area contributed by atoms with E-state index in [1.165, 1.54) is 0 Å². The summed E-state index contributed by atoms with van der Waals surface area (Å²) in [6.45, 7) is 2.59. The Morgan fingerprint density at radius 1 is 0.804 bits per heavy atom. The minimum atomic E-state index is -0.403. The zero-order valence-corrected chi connectivity index (χ0v) is 27.1. The van der Waals surface area contributed by atoms with E-state index in [1.807, 2.05) is 37.2 Å². The molecule has 3 N–H and O–H groups in total. The van der Waals surface area contributed by atoms with Crippen LogP contribution in [0.15, 0.2) is 77.2 Å². The standard InChI is InChI=1S/C34H35Cl2N6O4/c1-41(2)15-3-14-37-34(45)31-21-24-19-26(7-11-30(24)46-31)39-33(44)29-20-23-18-25(6-10-28(23)40-29)38-32(43)22-4-8-27(9-5-22)42(16-12-35)17-13-36/h4-11,18-21,40H,3,12-17H2,1-2H3,(H,38,43)(H,39,44). The summed E-state index contributed by atoms with van der Waals surface area (Å²) in [4.78, 5) is 45.7. The number of anilines is 3. The average Bonchev–Trinajstić information content (AvgIpc) is 3.67. The summed E-state index contributed by atoms with van der Waals surface area (Å²) in [5.41, 5.74) is 4.22. The second-order valence-electron chi connectivity index (χ2n) is 11.0. The highest BCUT2D eigenvalue weighted by Gasteiger charge is 2.16. The Morgan fingerprint density at radius 3 is 2.17 bits per heavy atom. The van der Waals surface area contributed by atoms with Gasteiger partial charge in [0.25, 0.3) is 11.8 Å². The minimum absolute atomic E-state index is 0.162. The quantitative estimate of drug-likeness (QED) is 0.0934. The maximum Gasteiger partial charge on any atom is 0.308 e. The fourth-order valence-electron chi connectivity index (χ4n) is 5.00. The predicted molar refractivity (Wildman–Crippen MR) is 185 cm³/mol. The molecule has 3 amide bonds. The van der Waals surface area contributed by atoms with Gasteiger partial charge in [-0.25, -0.2) is 5.32 Å². The molecular weight excluding hydrogens is 627 g/mol. The fourth-order valence-corrected chi connectivity index (χ4v) is 5.41. The summed E-state index contributed by atoms with van der Waals surface area (Å²) < 4.78 is 5.68. The van der Waals surface area contributed by atoms with Crippen LogP contribution in [0, 0.1) is 0 Å². The first-order chi connectivity index (χ1) is 22.2. The second kappa shape index (κ2) is 15.2. The van der Waals surface area contributed by atoms with Gasteiger partial charge >= 0.3 is 5.91 Å². The molecule has 5 rings (SSSR count). The van der Waals surface area contributed by atoms with Gasteiger partial charge in [0.1, 0.15) is 11.3 Å². The average molecular weight is 663 g/mol. The second-order valence-corrected chi connectivity index (χ2v) is 11.8. The number of hydrogen-bond acceptors (Lipinski definition) is 6. The zero-order valence-electron chi connectivity index (χ0n) is 25.6. The summed E-state index contributed by atoms with van der Waals surface area (Å²) in [7, 11) is 3.94. The van der Waals surface area contributed by atoms with Gasteiger partial charge in [-0.05, 0) is 99.9 Å². The molecule has 46 heavy (non-hydrogen) atoms. The SMILES string of the molecule is CN(C)CCC[N]C(=O)c1cc2cc(NC(=O)c3cc4cc(NC(=O)c5ccc(N(CCCl)CCCl)cc5)ccc4[nH]3)ccc2o1. The summed E-state index contributed by atoms with van der Waals surface area (Å²) in [6, 6.07) is 21.2. The third-order valence-corrected chi connectivity index (χ3v) is 7.67. The van der Waals surface area contributed by atoms with Crippen molar-refractivity contribution in [2.45, 2.75) is 6.42 Å². The molecule has 0 aliphatic rings. The van der Waals surface area contributed by atoms with Crippen LogP contribution in [0.25, 0.3) is 21.9 Å². The van der Waals surface area contributed by atoms with E-state index in [2.05, 4.69) is 25.8 Å². The zero-order chi connectivity index (χ0) is 32.6. The number of nitrogens with one attached hydrogen (secondary N) is 3. The summed E-state index contributed by atoms with van der Waals surface area (Å²) in [5.74, 6) is 0.122. The van der Waals surface area contributed by atoms with Crippen LogP contribution in [0.1, 0.15) is 37.8 Å². The number of furan rings is 1. The first kappa shape index (κ1) is 32.9. The van der Waals surface area contributed by atoms with Crippen molar-refractivity contribution in [1.82, 2.24) is 15.2 Å². The number of carbonyl (C=O) groups is 3. The van der Waals surface area contributed by atoms with Gasteiger partial charge in [-0.1, -0.05) is 0 Å². The van der Waals surface area contributed by atoms with E-state index in [0.717, 1.165) is 29.6 Å².